The Morgan fingerprint density at radius 1 is 1.32 bits per heavy atom. The maximum absolute atomic E-state index is 11.5. The molecule has 5 heteroatoms. The summed E-state index contributed by atoms with van der Waals surface area (Å²) in [7, 11) is 0. The Morgan fingerprint density at radius 2 is 2.05 bits per heavy atom. The van der Waals surface area contributed by atoms with E-state index < -0.39 is 0 Å². The van der Waals surface area contributed by atoms with Gasteiger partial charge in [-0.15, -0.1) is 0 Å². The molecule has 1 aromatic rings. The van der Waals surface area contributed by atoms with Gasteiger partial charge in [-0.25, -0.2) is 0 Å². The minimum absolute atomic E-state index is 0.00765. The van der Waals surface area contributed by atoms with Gasteiger partial charge >= 0.3 is 0 Å². The molecule has 0 aliphatic heterocycles. The van der Waals surface area contributed by atoms with Crippen molar-refractivity contribution in [3.8, 4) is 0 Å². The van der Waals surface area contributed by atoms with E-state index in [0.29, 0.717) is 11.2 Å². The van der Waals surface area contributed by atoms with Crippen LogP contribution < -0.4 is 16.0 Å². The second-order valence-corrected chi connectivity index (χ2v) is 5.36. The molecule has 0 unspecified atom stereocenters. The molecule has 0 spiro atoms. The van der Waals surface area contributed by atoms with Crippen LogP contribution in [-0.4, -0.2) is 23.6 Å². The normalized spacial score (nSPS) is 13.8. The van der Waals surface area contributed by atoms with Crippen LogP contribution >= 0.6 is 12.2 Å². The average Bonchev–Trinajstić information content (AvgIpc) is 3.15. The molecule has 19 heavy (non-hydrogen) atoms. The lowest BCUT2D eigenvalue weighted by Gasteiger charge is -2.11. The predicted octanol–water partition coefficient (Wildman–Crippen LogP) is 1.87. The number of benzene rings is 1. The molecule has 3 N–H and O–H groups in total. The molecular weight excluding hydrogens is 258 g/mol. The number of thiocarbonyl (C=S) groups is 1. The lowest BCUT2D eigenvalue weighted by atomic mass is 10.1. The van der Waals surface area contributed by atoms with Crippen molar-refractivity contribution in [3.05, 3.63) is 29.3 Å². The van der Waals surface area contributed by atoms with Crippen LogP contribution in [0.5, 0.6) is 0 Å². The van der Waals surface area contributed by atoms with Crippen molar-refractivity contribution in [3.63, 3.8) is 0 Å². The van der Waals surface area contributed by atoms with Crippen LogP contribution in [0.25, 0.3) is 0 Å². The molecule has 1 saturated carbocycles. The highest BCUT2D eigenvalue weighted by molar-refractivity contribution is 7.80. The molecule has 1 fully saturated rings. The minimum Gasteiger partial charge on any atom is -0.353 e. The third kappa shape index (κ3) is 4.52. The van der Waals surface area contributed by atoms with Crippen molar-refractivity contribution in [2.24, 2.45) is 0 Å². The van der Waals surface area contributed by atoms with Crippen molar-refractivity contribution in [2.45, 2.75) is 32.7 Å². The Kier molecular flexibility index (Phi) is 4.37. The second kappa shape index (κ2) is 6.02. The first-order valence-electron chi connectivity index (χ1n) is 6.46. The van der Waals surface area contributed by atoms with E-state index in [2.05, 4.69) is 29.8 Å². The highest BCUT2D eigenvalue weighted by atomic mass is 32.1. The molecule has 0 heterocycles. The average molecular weight is 277 g/mol. The van der Waals surface area contributed by atoms with E-state index in [9.17, 15) is 4.79 Å². The van der Waals surface area contributed by atoms with Gasteiger partial charge in [0.2, 0.25) is 5.91 Å². The summed E-state index contributed by atoms with van der Waals surface area (Å²) in [5.74, 6) is -0.00765. The van der Waals surface area contributed by atoms with Crippen molar-refractivity contribution in [2.75, 3.05) is 11.9 Å². The molecule has 1 aliphatic rings. The summed E-state index contributed by atoms with van der Waals surface area (Å²) in [5.41, 5.74) is 3.38. The minimum atomic E-state index is -0.00765. The smallest absolute Gasteiger partial charge is 0.239 e. The first kappa shape index (κ1) is 13.8. The quantitative estimate of drug-likeness (QED) is 0.736. The summed E-state index contributed by atoms with van der Waals surface area (Å²) in [5, 5.41) is 9.35. The van der Waals surface area contributed by atoms with Gasteiger partial charge in [0.15, 0.2) is 5.11 Å². The Balaban J connectivity index is 1.76. The topological polar surface area (TPSA) is 53.2 Å². The van der Waals surface area contributed by atoms with Crippen molar-refractivity contribution in [1.82, 2.24) is 10.6 Å². The molecule has 1 aliphatic carbocycles. The Morgan fingerprint density at radius 3 is 2.68 bits per heavy atom. The molecule has 0 aromatic heterocycles. The molecule has 1 aromatic carbocycles. The molecule has 0 radical (unpaired) electrons. The molecule has 4 nitrogen and oxygen atoms in total. The monoisotopic (exact) mass is 277 g/mol. The van der Waals surface area contributed by atoms with Gasteiger partial charge in [0.1, 0.15) is 0 Å². The number of aryl methyl sites for hydroxylation is 2. The van der Waals surface area contributed by atoms with Gasteiger partial charge < -0.3 is 16.0 Å². The second-order valence-electron chi connectivity index (χ2n) is 4.95. The van der Waals surface area contributed by atoms with Crippen LogP contribution in [0.15, 0.2) is 18.2 Å². The van der Waals surface area contributed by atoms with Crippen LogP contribution in [0.1, 0.15) is 24.0 Å². The number of nitrogens with one attached hydrogen (secondary N) is 3. The standard InChI is InChI=1S/C14H19N3OS/c1-9-3-4-12(7-10(9)2)17-14(19)15-8-13(18)16-11-5-6-11/h3-4,7,11H,5-6,8H2,1-2H3,(H,16,18)(H2,15,17,19). The zero-order valence-corrected chi connectivity index (χ0v) is 12.1. The molecule has 0 atom stereocenters. The van der Waals surface area contributed by atoms with E-state index in [0.717, 1.165) is 18.5 Å². The van der Waals surface area contributed by atoms with Gasteiger partial charge in [-0.05, 0) is 62.2 Å². The fraction of sp³-hybridized carbons (Fsp3) is 0.429. The van der Waals surface area contributed by atoms with Crippen molar-refractivity contribution in [1.29, 1.82) is 0 Å². The largest absolute Gasteiger partial charge is 0.353 e. The summed E-state index contributed by atoms with van der Waals surface area (Å²) in [6.07, 6.45) is 2.19. The van der Waals surface area contributed by atoms with Crippen LogP contribution in [0.4, 0.5) is 5.69 Å². The summed E-state index contributed by atoms with van der Waals surface area (Å²) in [6.45, 7) is 4.34. The van der Waals surface area contributed by atoms with E-state index in [4.69, 9.17) is 12.2 Å². The number of hydrogen-bond donors (Lipinski definition) is 3. The lowest BCUT2D eigenvalue weighted by molar-refractivity contribution is -0.120. The summed E-state index contributed by atoms with van der Waals surface area (Å²) in [6, 6.07) is 6.43. The third-order valence-corrected chi connectivity index (χ3v) is 3.36. The van der Waals surface area contributed by atoms with Crippen LogP contribution in [0, 0.1) is 13.8 Å². The van der Waals surface area contributed by atoms with Crippen LogP contribution in [0.3, 0.4) is 0 Å². The fourth-order valence-electron chi connectivity index (χ4n) is 1.66. The molecule has 0 saturated heterocycles. The number of rotatable bonds is 4. The highest BCUT2D eigenvalue weighted by Crippen LogP contribution is 2.18. The van der Waals surface area contributed by atoms with E-state index >= 15 is 0 Å². The Bertz CT molecular complexity index is 497. The maximum Gasteiger partial charge on any atom is 0.239 e. The summed E-state index contributed by atoms with van der Waals surface area (Å²) < 4.78 is 0. The molecule has 2 rings (SSSR count). The first-order chi connectivity index (χ1) is 9.04. The lowest BCUT2D eigenvalue weighted by Crippen LogP contribution is -2.39. The van der Waals surface area contributed by atoms with Gasteiger partial charge in [0.25, 0.3) is 0 Å². The molecule has 1 amide bonds. The van der Waals surface area contributed by atoms with Gasteiger partial charge in [0.05, 0.1) is 6.54 Å². The van der Waals surface area contributed by atoms with Gasteiger partial charge in [-0.3, -0.25) is 4.79 Å². The number of anilines is 1. The summed E-state index contributed by atoms with van der Waals surface area (Å²) in [4.78, 5) is 11.5. The number of amides is 1. The van der Waals surface area contributed by atoms with Crippen LogP contribution in [0.2, 0.25) is 0 Å². The third-order valence-electron chi connectivity index (χ3n) is 3.12. The zero-order chi connectivity index (χ0) is 13.8. The van der Waals surface area contributed by atoms with Crippen LogP contribution in [-0.2, 0) is 4.79 Å². The maximum atomic E-state index is 11.5. The van der Waals surface area contributed by atoms with E-state index in [1.165, 1.54) is 11.1 Å². The Labute approximate surface area is 119 Å². The number of hydrogen-bond acceptors (Lipinski definition) is 2. The van der Waals surface area contributed by atoms with Gasteiger partial charge in [-0.2, -0.15) is 0 Å². The van der Waals surface area contributed by atoms with Crippen molar-refractivity contribution < 1.29 is 4.79 Å². The highest BCUT2D eigenvalue weighted by Gasteiger charge is 2.22. The fourth-order valence-corrected chi connectivity index (χ4v) is 1.85. The van der Waals surface area contributed by atoms with Gasteiger partial charge in [-0.1, -0.05) is 6.07 Å². The van der Waals surface area contributed by atoms with E-state index in [-0.39, 0.29) is 12.5 Å². The number of carbonyl (C=O) groups is 1. The van der Waals surface area contributed by atoms with E-state index in [1.807, 2.05) is 18.2 Å². The van der Waals surface area contributed by atoms with Gasteiger partial charge in [0, 0.05) is 11.7 Å². The molecular formula is C14H19N3OS. The SMILES string of the molecule is Cc1ccc(NC(=S)NCC(=O)NC2CC2)cc1C. The Hall–Kier alpha value is -1.62. The zero-order valence-electron chi connectivity index (χ0n) is 11.2. The van der Waals surface area contributed by atoms with E-state index in [1.54, 1.807) is 0 Å². The first-order valence-corrected chi connectivity index (χ1v) is 6.87. The molecule has 102 valence electrons. The number of carbonyl (C=O) groups excluding carboxylic acids is 1. The predicted molar refractivity (Wildman–Crippen MR) is 81.3 cm³/mol. The summed E-state index contributed by atoms with van der Waals surface area (Å²) >= 11 is 5.16. The molecule has 0 bridgehead atoms. The van der Waals surface area contributed by atoms with Crippen molar-refractivity contribution >= 4 is 28.9 Å².